The van der Waals surface area contributed by atoms with Crippen molar-refractivity contribution < 1.29 is 14.6 Å². The molecule has 78 valence electrons. The van der Waals surface area contributed by atoms with Gasteiger partial charge in [-0.05, 0) is 19.3 Å². The van der Waals surface area contributed by atoms with Gasteiger partial charge < -0.3 is 9.84 Å². The maximum atomic E-state index is 10.9. The zero-order chi connectivity index (χ0) is 10.5. The van der Waals surface area contributed by atoms with Crippen LogP contribution in [0.3, 0.4) is 0 Å². The summed E-state index contributed by atoms with van der Waals surface area (Å²) in [5.74, 6) is -0.854. The number of carboxylic acids is 1. The summed E-state index contributed by atoms with van der Waals surface area (Å²) < 4.78 is 5.05. The molecule has 0 aromatic rings. The third-order valence-corrected chi connectivity index (χ3v) is 3.13. The molecule has 0 rings (SSSR count). The number of methoxy groups -OCH3 is 1. The maximum absolute atomic E-state index is 10.9. The average Bonchev–Trinajstić information content (AvgIpc) is 2.13. The molecule has 0 saturated carbocycles. The van der Waals surface area contributed by atoms with Crippen LogP contribution in [-0.2, 0) is 9.53 Å². The van der Waals surface area contributed by atoms with Crippen LogP contribution in [0.4, 0.5) is 0 Å². The van der Waals surface area contributed by atoms with Crippen LogP contribution in [0.15, 0.2) is 0 Å². The maximum Gasteiger partial charge on any atom is 0.333 e. The van der Waals surface area contributed by atoms with Crippen LogP contribution in [0.25, 0.3) is 0 Å². The molecular formula is C10H20O3. The van der Waals surface area contributed by atoms with Gasteiger partial charge in [-0.15, -0.1) is 0 Å². The number of carbonyl (C=O) groups is 1. The topological polar surface area (TPSA) is 46.5 Å². The predicted octanol–water partition coefficient (Wildman–Crippen LogP) is 2.30. The second kappa shape index (κ2) is 5.22. The lowest BCUT2D eigenvalue weighted by atomic mass is 9.75. The smallest absolute Gasteiger partial charge is 0.333 e. The van der Waals surface area contributed by atoms with Crippen LogP contribution in [0.5, 0.6) is 0 Å². The summed E-state index contributed by atoms with van der Waals surface area (Å²) in [5, 5.41) is 8.98. The summed E-state index contributed by atoms with van der Waals surface area (Å²) in [6, 6.07) is 0. The van der Waals surface area contributed by atoms with Gasteiger partial charge in [0, 0.05) is 12.5 Å². The lowest BCUT2D eigenvalue weighted by Gasteiger charge is -2.35. The molecule has 1 unspecified atom stereocenters. The first-order valence-corrected chi connectivity index (χ1v) is 4.83. The van der Waals surface area contributed by atoms with Crippen LogP contribution < -0.4 is 0 Å². The first-order chi connectivity index (χ1) is 6.07. The molecule has 1 atom stereocenters. The fraction of sp³-hybridized carbons (Fsp3) is 0.900. The summed E-state index contributed by atoms with van der Waals surface area (Å²) in [5.41, 5.74) is -0.208. The van der Waals surface area contributed by atoms with E-state index in [1.807, 2.05) is 20.8 Å². The Balaban J connectivity index is 4.76. The van der Waals surface area contributed by atoms with Crippen LogP contribution >= 0.6 is 0 Å². The van der Waals surface area contributed by atoms with Crippen molar-refractivity contribution in [3.8, 4) is 0 Å². The Kier molecular flexibility index (Phi) is 4.99. The fourth-order valence-electron chi connectivity index (χ4n) is 1.92. The molecule has 0 aliphatic rings. The zero-order valence-electron chi connectivity index (χ0n) is 8.96. The predicted molar refractivity (Wildman–Crippen MR) is 51.7 cm³/mol. The number of rotatable bonds is 6. The molecule has 0 bridgehead atoms. The van der Waals surface area contributed by atoms with Crippen LogP contribution in [0.1, 0.15) is 40.0 Å². The summed E-state index contributed by atoms with van der Waals surface area (Å²) in [7, 11) is 1.47. The van der Waals surface area contributed by atoms with Gasteiger partial charge in [0.15, 0.2) is 6.10 Å². The van der Waals surface area contributed by atoms with E-state index in [0.717, 1.165) is 19.3 Å². The first-order valence-electron chi connectivity index (χ1n) is 4.83. The van der Waals surface area contributed by atoms with Gasteiger partial charge in [-0.2, -0.15) is 0 Å². The second-order valence-corrected chi connectivity index (χ2v) is 3.38. The number of carboxylic acid groups (broad SMARTS) is 1. The van der Waals surface area contributed by atoms with Gasteiger partial charge in [0.2, 0.25) is 0 Å². The number of aliphatic carboxylic acids is 1. The van der Waals surface area contributed by atoms with Crippen molar-refractivity contribution in [1.82, 2.24) is 0 Å². The summed E-state index contributed by atoms with van der Waals surface area (Å²) in [6.07, 6.45) is 1.84. The Hall–Kier alpha value is -0.570. The molecule has 0 saturated heterocycles. The average molecular weight is 188 g/mol. The van der Waals surface area contributed by atoms with E-state index in [1.54, 1.807) is 0 Å². The van der Waals surface area contributed by atoms with Gasteiger partial charge in [0.1, 0.15) is 0 Å². The van der Waals surface area contributed by atoms with E-state index in [1.165, 1.54) is 7.11 Å². The third kappa shape index (κ3) is 2.44. The first kappa shape index (κ1) is 12.4. The van der Waals surface area contributed by atoms with Crippen molar-refractivity contribution in [2.45, 2.75) is 46.1 Å². The van der Waals surface area contributed by atoms with E-state index >= 15 is 0 Å². The highest BCUT2D eigenvalue weighted by Crippen LogP contribution is 2.35. The van der Waals surface area contributed by atoms with Crippen molar-refractivity contribution in [3.63, 3.8) is 0 Å². The van der Waals surface area contributed by atoms with E-state index in [4.69, 9.17) is 9.84 Å². The molecule has 0 fully saturated rings. The van der Waals surface area contributed by atoms with Crippen LogP contribution in [0.2, 0.25) is 0 Å². The normalized spacial score (nSPS) is 14.2. The Bertz CT molecular complexity index is 153. The lowest BCUT2D eigenvalue weighted by molar-refractivity contribution is -0.158. The molecule has 0 aromatic heterocycles. The minimum atomic E-state index is -0.854. The summed E-state index contributed by atoms with van der Waals surface area (Å²) in [4.78, 5) is 10.9. The molecule has 3 heteroatoms. The van der Waals surface area contributed by atoms with E-state index in [2.05, 4.69) is 0 Å². The van der Waals surface area contributed by atoms with Crippen molar-refractivity contribution >= 4 is 5.97 Å². The van der Waals surface area contributed by atoms with Crippen molar-refractivity contribution in [1.29, 1.82) is 0 Å². The SMILES string of the molecule is CCC(CC)(CC)C(OC)C(=O)O. The Labute approximate surface area is 80.1 Å². The largest absolute Gasteiger partial charge is 0.479 e. The van der Waals surface area contributed by atoms with Crippen molar-refractivity contribution in [2.75, 3.05) is 7.11 Å². The summed E-state index contributed by atoms with van der Waals surface area (Å²) in [6.45, 7) is 6.05. The van der Waals surface area contributed by atoms with Crippen molar-refractivity contribution in [3.05, 3.63) is 0 Å². The summed E-state index contributed by atoms with van der Waals surface area (Å²) >= 11 is 0. The van der Waals surface area contributed by atoms with E-state index in [9.17, 15) is 4.79 Å². The minimum absolute atomic E-state index is 0.208. The standard InChI is InChI=1S/C10H20O3/c1-5-10(6-2,7-3)8(13-4)9(11)12/h8H,5-7H2,1-4H3,(H,11,12). The molecule has 0 aliphatic heterocycles. The van der Waals surface area contributed by atoms with Crippen LogP contribution in [0, 0.1) is 5.41 Å². The molecule has 0 radical (unpaired) electrons. The van der Waals surface area contributed by atoms with Gasteiger partial charge in [-0.3, -0.25) is 0 Å². The Morgan fingerprint density at radius 1 is 1.31 bits per heavy atom. The molecule has 13 heavy (non-hydrogen) atoms. The van der Waals surface area contributed by atoms with E-state index in [-0.39, 0.29) is 5.41 Å². The van der Waals surface area contributed by atoms with Gasteiger partial charge >= 0.3 is 5.97 Å². The van der Waals surface area contributed by atoms with E-state index in [0.29, 0.717) is 0 Å². The zero-order valence-corrected chi connectivity index (χ0v) is 8.96. The molecule has 0 amide bonds. The molecule has 1 N–H and O–H groups in total. The molecular weight excluding hydrogens is 168 g/mol. The highest BCUT2D eigenvalue weighted by molar-refractivity contribution is 5.73. The fourth-order valence-corrected chi connectivity index (χ4v) is 1.92. The molecule has 0 aromatic carbocycles. The van der Waals surface area contributed by atoms with Gasteiger partial charge in [-0.25, -0.2) is 4.79 Å². The van der Waals surface area contributed by atoms with Crippen molar-refractivity contribution in [2.24, 2.45) is 5.41 Å². The third-order valence-electron chi connectivity index (χ3n) is 3.13. The molecule has 0 aliphatic carbocycles. The highest BCUT2D eigenvalue weighted by Gasteiger charge is 2.39. The van der Waals surface area contributed by atoms with E-state index < -0.39 is 12.1 Å². The Morgan fingerprint density at radius 2 is 1.69 bits per heavy atom. The molecule has 3 nitrogen and oxygen atoms in total. The number of hydrogen-bond acceptors (Lipinski definition) is 2. The van der Waals surface area contributed by atoms with Gasteiger partial charge in [0.05, 0.1) is 0 Å². The molecule has 0 spiro atoms. The lowest BCUT2D eigenvalue weighted by Crippen LogP contribution is -2.41. The molecule has 0 heterocycles. The number of hydrogen-bond donors (Lipinski definition) is 1. The van der Waals surface area contributed by atoms with Gasteiger partial charge in [0.25, 0.3) is 0 Å². The minimum Gasteiger partial charge on any atom is -0.479 e. The van der Waals surface area contributed by atoms with Crippen LogP contribution in [-0.4, -0.2) is 24.3 Å². The van der Waals surface area contributed by atoms with Gasteiger partial charge in [-0.1, -0.05) is 20.8 Å². The second-order valence-electron chi connectivity index (χ2n) is 3.38. The Morgan fingerprint density at radius 3 is 1.77 bits per heavy atom. The monoisotopic (exact) mass is 188 g/mol. The number of ether oxygens (including phenoxy) is 1. The highest BCUT2D eigenvalue weighted by atomic mass is 16.5. The quantitative estimate of drug-likeness (QED) is 0.695.